The summed E-state index contributed by atoms with van der Waals surface area (Å²) in [5.41, 5.74) is -0.311. The van der Waals surface area contributed by atoms with Crippen LogP contribution in [0.4, 0.5) is 13.2 Å². The molecule has 0 bridgehead atoms. The molecule has 0 amide bonds. The number of halogens is 3. The molecular weight excluding hydrogens is 221 g/mol. The lowest BCUT2D eigenvalue weighted by molar-refractivity contribution is -0.141. The fraction of sp³-hybridized carbons (Fsp3) is 0.364. The van der Waals surface area contributed by atoms with Crippen molar-refractivity contribution in [3.63, 3.8) is 0 Å². The first-order chi connectivity index (χ1) is 7.47. The van der Waals surface area contributed by atoms with Crippen molar-refractivity contribution in [2.75, 3.05) is 0 Å². The molecule has 1 aliphatic rings. The van der Waals surface area contributed by atoms with Crippen LogP contribution in [0, 0.1) is 0 Å². The fourth-order valence-electron chi connectivity index (χ4n) is 1.68. The Morgan fingerprint density at radius 1 is 1.31 bits per heavy atom. The molecule has 0 aromatic heterocycles. The zero-order chi connectivity index (χ0) is 11.8. The summed E-state index contributed by atoms with van der Waals surface area (Å²) >= 11 is 0. The Bertz CT molecular complexity index is 412. The van der Waals surface area contributed by atoms with Crippen molar-refractivity contribution < 1.29 is 22.7 Å². The number of carbonyl (C=O) groups is 1. The zero-order valence-corrected chi connectivity index (χ0v) is 8.25. The quantitative estimate of drug-likeness (QED) is 0.693. The van der Waals surface area contributed by atoms with Gasteiger partial charge in [0.2, 0.25) is 0 Å². The maximum Gasteiger partial charge on any atom is 0.416 e. The highest BCUT2D eigenvalue weighted by Gasteiger charge is 2.32. The number of carbonyl (C=O) groups excluding carboxylic acids is 1. The molecule has 5 heteroatoms. The van der Waals surface area contributed by atoms with Crippen LogP contribution in [0.15, 0.2) is 24.3 Å². The van der Waals surface area contributed by atoms with Crippen LogP contribution in [-0.4, -0.2) is 5.97 Å². The Morgan fingerprint density at radius 3 is 2.62 bits per heavy atom. The number of hydrogen-bond acceptors (Lipinski definition) is 2. The first-order valence-electron chi connectivity index (χ1n) is 4.83. The summed E-state index contributed by atoms with van der Waals surface area (Å²) in [6.45, 7) is 0. The monoisotopic (exact) mass is 230 g/mol. The van der Waals surface area contributed by atoms with Gasteiger partial charge < -0.3 is 4.74 Å². The summed E-state index contributed by atoms with van der Waals surface area (Å²) in [4.78, 5) is 10.9. The number of hydrogen-bond donors (Lipinski definition) is 0. The van der Waals surface area contributed by atoms with Gasteiger partial charge in [0.1, 0.15) is 6.10 Å². The second-order valence-electron chi connectivity index (χ2n) is 3.64. The molecule has 1 atom stereocenters. The maximum atomic E-state index is 12.4. The number of cyclic esters (lactones) is 1. The van der Waals surface area contributed by atoms with Gasteiger partial charge in [-0.05, 0) is 24.1 Å². The minimum atomic E-state index is -4.36. The van der Waals surface area contributed by atoms with Crippen molar-refractivity contribution in [1.82, 2.24) is 0 Å². The second-order valence-corrected chi connectivity index (χ2v) is 3.64. The molecule has 86 valence electrons. The first-order valence-corrected chi connectivity index (χ1v) is 4.83. The van der Waals surface area contributed by atoms with E-state index in [-0.39, 0.29) is 12.4 Å². The first kappa shape index (κ1) is 11.0. The van der Waals surface area contributed by atoms with Gasteiger partial charge in [0, 0.05) is 6.42 Å². The Hall–Kier alpha value is -1.52. The Balaban J connectivity index is 2.26. The second kappa shape index (κ2) is 3.81. The van der Waals surface area contributed by atoms with Gasteiger partial charge in [0.05, 0.1) is 5.56 Å². The van der Waals surface area contributed by atoms with E-state index in [1.54, 1.807) is 6.07 Å². The maximum absolute atomic E-state index is 12.4. The Morgan fingerprint density at radius 2 is 2.06 bits per heavy atom. The highest BCUT2D eigenvalue weighted by molar-refractivity contribution is 5.71. The van der Waals surface area contributed by atoms with E-state index >= 15 is 0 Å². The number of esters is 1. The molecule has 1 aliphatic heterocycles. The topological polar surface area (TPSA) is 26.3 Å². The third-order valence-electron chi connectivity index (χ3n) is 2.47. The molecule has 1 aromatic carbocycles. The predicted octanol–water partition coefficient (Wildman–Crippen LogP) is 3.08. The molecular formula is C11H9F3O2. The summed E-state index contributed by atoms with van der Waals surface area (Å²) in [6.07, 6.45) is -4.19. The average molecular weight is 230 g/mol. The van der Waals surface area contributed by atoms with Crippen LogP contribution in [0.5, 0.6) is 0 Å². The third kappa shape index (κ3) is 2.18. The largest absolute Gasteiger partial charge is 0.457 e. The van der Waals surface area contributed by atoms with Gasteiger partial charge in [-0.2, -0.15) is 13.2 Å². The van der Waals surface area contributed by atoms with Crippen LogP contribution < -0.4 is 0 Å². The number of alkyl halides is 3. The van der Waals surface area contributed by atoms with Crippen LogP contribution in [0.25, 0.3) is 0 Å². The lowest BCUT2D eigenvalue weighted by atomic mass is 10.0. The average Bonchev–Trinajstić information content (AvgIpc) is 2.64. The molecule has 0 saturated carbocycles. The SMILES string of the molecule is O=C1CCC(c2cccc(C(F)(F)F)c2)O1. The Labute approximate surface area is 90.0 Å². The van der Waals surface area contributed by atoms with Gasteiger partial charge in [-0.25, -0.2) is 0 Å². The lowest BCUT2D eigenvalue weighted by Gasteiger charge is -2.12. The fourth-order valence-corrected chi connectivity index (χ4v) is 1.68. The summed E-state index contributed by atoms with van der Waals surface area (Å²) in [6, 6.07) is 4.90. The molecule has 1 fully saturated rings. The van der Waals surface area contributed by atoms with Crippen molar-refractivity contribution in [3.8, 4) is 0 Å². The molecule has 2 nitrogen and oxygen atoms in total. The van der Waals surface area contributed by atoms with E-state index in [2.05, 4.69) is 0 Å². The molecule has 16 heavy (non-hydrogen) atoms. The number of ether oxygens (including phenoxy) is 1. The third-order valence-corrected chi connectivity index (χ3v) is 2.47. The minimum Gasteiger partial charge on any atom is -0.457 e. The summed E-state index contributed by atoms with van der Waals surface area (Å²) in [5, 5.41) is 0. The van der Waals surface area contributed by atoms with Gasteiger partial charge in [-0.1, -0.05) is 12.1 Å². The molecule has 0 N–H and O–H groups in total. The van der Waals surface area contributed by atoms with Crippen molar-refractivity contribution in [1.29, 1.82) is 0 Å². The Kier molecular flexibility index (Phi) is 2.61. The van der Waals surface area contributed by atoms with Crippen LogP contribution >= 0.6 is 0 Å². The van der Waals surface area contributed by atoms with E-state index in [1.165, 1.54) is 6.07 Å². The molecule has 1 unspecified atom stereocenters. The molecule has 0 aliphatic carbocycles. The van der Waals surface area contributed by atoms with Crippen molar-refractivity contribution in [2.45, 2.75) is 25.1 Å². The minimum absolute atomic E-state index is 0.265. The van der Waals surface area contributed by atoms with Gasteiger partial charge in [-0.3, -0.25) is 4.79 Å². The molecule has 2 rings (SSSR count). The van der Waals surface area contributed by atoms with Crippen LogP contribution in [0.3, 0.4) is 0 Å². The van der Waals surface area contributed by atoms with Gasteiger partial charge in [0.15, 0.2) is 0 Å². The molecule has 1 saturated heterocycles. The summed E-state index contributed by atoms with van der Waals surface area (Å²) in [5.74, 6) is -0.359. The zero-order valence-electron chi connectivity index (χ0n) is 8.25. The van der Waals surface area contributed by atoms with Gasteiger partial charge in [-0.15, -0.1) is 0 Å². The van der Waals surface area contributed by atoms with Crippen molar-refractivity contribution in [3.05, 3.63) is 35.4 Å². The molecule has 0 radical (unpaired) electrons. The summed E-state index contributed by atoms with van der Waals surface area (Å²) < 4.78 is 42.2. The number of benzene rings is 1. The van der Waals surface area contributed by atoms with E-state index in [1.807, 2.05) is 0 Å². The van der Waals surface area contributed by atoms with E-state index in [9.17, 15) is 18.0 Å². The van der Waals surface area contributed by atoms with Crippen LogP contribution in [0.2, 0.25) is 0 Å². The molecule has 1 heterocycles. The lowest BCUT2D eigenvalue weighted by Crippen LogP contribution is -2.06. The highest BCUT2D eigenvalue weighted by atomic mass is 19.4. The van der Waals surface area contributed by atoms with Crippen molar-refractivity contribution >= 4 is 5.97 Å². The van der Waals surface area contributed by atoms with E-state index in [4.69, 9.17) is 4.74 Å². The molecule has 0 spiro atoms. The van der Waals surface area contributed by atoms with Crippen LogP contribution in [-0.2, 0) is 15.7 Å². The van der Waals surface area contributed by atoms with E-state index < -0.39 is 17.8 Å². The van der Waals surface area contributed by atoms with E-state index in [0.717, 1.165) is 12.1 Å². The number of rotatable bonds is 1. The van der Waals surface area contributed by atoms with Crippen LogP contribution in [0.1, 0.15) is 30.1 Å². The smallest absolute Gasteiger partial charge is 0.416 e. The summed E-state index contributed by atoms with van der Waals surface area (Å²) in [7, 11) is 0. The van der Waals surface area contributed by atoms with Gasteiger partial charge >= 0.3 is 12.1 Å². The highest BCUT2D eigenvalue weighted by Crippen LogP contribution is 2.34. The van der Waals surface area contributed by atoms with E-state index in [0.29, 0.717) is 12.0 Å². The van der Waals surface area contributed by atoms with Crippen molar-refractivity contribution in [2.24, 2.45) is 0 Å². The predicted molar refractivity (Wildman–Crippen MR) is 49.5 cm³/mol. The standard InChI is InChI=1S/C11H9F3O2/c12-11(13,14)8-3-1-2-7(6-8)9-4-5-10(15)16-9/h1-3,6,9H,4-5H2. The normalized spacial score (nSPS) is 20.9. The van der Waals surface area contributed by atoms with Gasteiger partial charge in [0.25, 0.3) is 0 Å². The molecule has 1 aromatic rings.